The van der Waals surface area contributed by atoms with E-state index < -0.39 is 0 Å². The number of amides is 2. The van der Waals surface area contributed by atoms with Crippen molar-refractivity contribution in [2.24, 2.45) is 0 Å². The van der Waals surface area contributed by atoms with Gasteiger partial charge in [-0.2, -0.15) is 0 Å². The van der Waals surface area contributed by atoms with Crippen molar-refractivity contribution in [3.8, 4) is 0 Å². The van der Waals surface area contributed by atoms with Crippen LogP contribution in [0, 0.1) is 13.8 Å². The fourth-order valence-corrected chi connectivity index (χ4v) is 5.14. The lowest BCUT2D eigenvalue weighted by molar-refractivity contribution is 0.0959. The second-order valence-corrected chi connectivity index (χ2v) is 8.49. The zero-order valence-electron chi connectivity index (χ0n) is 16.7. The molecule has 4 aromatic rings. The highest BCUT2D eigenvalue weighted by atomic mass is 32.1. The van der Waals surface area contributed by atoms with Crippen molar-refractivity contribution in [3.63, 3.8) is 0 Å². The molecule has 2 N–H and O–H groups in total. The molecule has 0 fully saturated rings. The SMILES string of the molecule is Cc1ccccc1C1NC(=O)c2c(C)ccc(NC(=O)c3csc4ccccc34)c21. The van der Waals surface area contributed by atoms with Gasteiger partial charge < -0.3 is 10.6 Å². The summed E-state index contributed by atoms with van der Waals surface area (Å²) in [5.41, 5.74) is 5.83. The number of aryl methyl sites for hydroxylation is 2. The van der Waals surface area contributed by atoms with E-state index in [4.69, 9.17) is 0 Å². The Hall–Kier alpha value is -3.44. The van der Waals surface area contributed by atoms with Crippen LogP contribution in [0.1, 0.15) is 49.0 Å². The van der Waals surface area contributed by atoms with Gasteiger partial charge in [0.1, 0.15) is 0 Å². The number of hydrogen-bond donors (Lipinski definition) is 2. The van der Waals surface area contributed by atoms with Crippen LogP contribution in [0.2, 0.25) is 0 Å². The van der Waals surface area contributed by atoms with E-state index in [-0.39, 0.29) is 17.9 Å². The molecular formula is C25H20N2O2S. The summed E-state index contributed by atoms with van der Waals surface area (Å²) < 4.78 is 1.08. The third kappa shape index (κ3) is 2.90. The molecular weight excluding hydrogens is 392 g/mol. The minimum atomic E-state index is -0.289. The van der Waals surface area contributed by atoms with Gasteiger partial charge in [0.15, 0.2) is 0 Å². The zero-order valence-corrected chi connectivity index (χ0v) is 17.5. The average Bonchev–Trinajstić information content (AvgIpc) is 3.32. The van der Waals surface area contributed by atoms with E-state index in [1.54, 1.807) is 11.3 Å². The van der Waals surface area contributed by atoms with E-state index in [2.05, 4.69) is 10.6 Å². The largest absolute Gasteiger partial charge is 0.341 e. The first-order chi connectivity index (χ1) is 14.5. The molecule has 2 heterocycles. The zero-order chi connectivity index (χ0) is 20.8. The minimum absolute atomic E-state index is 0.104. The molecule has 1 aliphatic rings. The van der Waals surface area contributed by atoms with Crippen LogP contribution in [0.3, 0.4) is 0 Å². The van der Waals surface area contributed by atoms with E-state index >= 15 is 0 Å². The van der Waals surface area contributed by atoms with Crippen LogP contribution in [-0.4, -0.2) is 11.8 Å². The molecule has 1 unspecified atom stereocenters. The van der Waals surface area contributed by atoms with Crippen LogP contribution >= 0.6 is 11.3 Å². The van der Waals surface area contributed by atoms with Crippen LogP contribution in [0.15, 0.2) is 66.0 Å². The van der Waals surface area contributed by atoms with Crippen molar-refractivity contribution >= 4 is 38.9 Å². The van der Waals surface area contributed by atoms with E-state index in [0.29, 0.717) is 16.8 Å². The third-order valence-electron chi connectivity index (χ3n) is 5.72. The van der Waals surface area contributed by atoms with Crippen molar-refractivity contribution in [1.29, 1.82) is 0 Å². The molecule has 1 atom stereocenters. The Morgan fingerprint density at radius 2 is 1.73 bits per heavy atom. The molecule has 0 saturated carbocycles. The Morgan fingerprint density at radius 1 is 0.967 bits per heavy atom. The first-order valence-electron chi connectivity index (χ1n) is 9.82. The Kier molecular flexibility index (Phi) is 4.40. The predicted molar refractivity (Wildman–Crippen MR) is 121 cm³/mol. The summed E-state index contributed by atoms with van der Waals surface area (Å²) in [5, 5.41) is 9.01. The molecule has 5 rings (SSSR count). The number of rotatable bonds is 3. The lowest BCUT2D eigenvalue weighted by Gasteiger charge is -2.19. The lowest BCUT2D eigenvalue weighted by atomic mass is 9.92. The maximum Gasteiger partial charge on any atom is 0.257 e. The Morgan fingerprint density at radius 3 is 2.57 bits per heavy atom. The molecule has 0 saturated heterocycles. The van der Waals surface area contributed by atoms with Crippen LogP contribution in [0.4, 0.5) is 5.69 Å². The summed E-state index contributed by atoms with van der Waals surface area (Å²) in [5.74, 6) is -0.269. The number of anilines is 1. The number of carbonyl (C=O) groups excluding carboxylic acids is 2. The van der Waals surface area contributed by atoms with Gasteiger partial charge in [-0.3, -0.25) is 9.59 Å². The quantitative estimate of drug-likeness (QED) is 0.460. The molecule has 3 aromatic carbocycles. The van der Waals surface area contributed by atoms with Gasteiger partial charge in [-0.1, -0.05) is 48.5 Å². The average molecular weight is 413 g/mol. The Balaban J connectivity index is 1.60. The molecule has 30 heavy (non-hydrogen) atoms. The molecule has 1 aromatic heterocycles. The van der Waals surface area contributed by atoms with Crippen molar-refractivity contribution in [2.75, 3.05) is 5.32 Å². The van der Waals surface area contributed by atoms with Crippen molar-refractivity contribution in [2.45, 2.75) is 19.9 Å². The summed E-state index contributed by atoms with van der Waals surface area (Å²) in [4.78, 5) is 26.0. The van der Waals surface area contributed by atoms with Gasteiger partial charge in [0.05, 0.1) is 11.6 Å². The minimum Gasteiger partial charge on any atom is -0.341 e. The molecule has 4 nitrogen and oxygen atoms in total. The predicted octanol–water partition coefficient (Wildman–Crippen LogP) is 5.60. The number of thiophene rings is 1. The summed E-state index contributed by atoms with van der Waals surface area (Å²) in [7, 11) is 0. The first kappa shape index (κ1) is 18.6. The topological polar surface area (TPSA) is 58.2 Å². The molecule has 2 amide bonds. The highest BCUT2D eigenvalue weighted by Gasteiger charge is 2.34. The van der Waals surface area contributed by atoms with Gasteiger partial charge in [-0.15, -0.1) is 11.3 Å². The monoisotopic (exact) mass is 412 g/mol. The normalized spacial score (nSPS) is 15.1. The summed E-state index contributed by atoms with van der Waals surface area (Å²) in [6.45, 7) is 3.96. The van der Waals surface area contributed by atoms with E-state index in [1.807, 2.05) is 79.9 Å². The van der Waals surface area contributed by atoms with Crippen LogP contribution in [0.5, 0.6) is 0 Å². The number of benzene rings is 3. The second-order valence-electron chi connectivity index (χ2n) is 7.58. The Labute approximate surface area is 178 Å². The standard InChI is InChI=1S/C25H20N2O2S/c1-14-7-3-4-8-16(14)23-22-19(12-11-15(2)21(22)25(29)27-23)26-24(28)18-13-30-20-10-6-5-9-17(18)20/h3-13,23H,1-2H3,(H,26,28)(H,27,29). The highest BCUT2D eigenvalue weighted by molar-refractivity contribution is 7.17. The van der Waals surface area contributed by atoms with Gasteiger partial charge in [0, 0.05) is 32.3 Å². The van der Waals surface area contributed by atoms with Gasteiger partial charge in [0.25, 0.3) is 11.8 Å². The highest BCUT2D eigenvalue weighted by Crippen LogP contribution is 2.39. The number of fused-ring (bicyclic) bond motifs is 2. The van der Waals surface area contributed by atoms with Gasteiger partial charge in [0.2, 0.25) is 0 Å². The second kappa shape index (κ2) is 7.11. The molecule has 0 aliphatic carbocycles. The van der Waals surface area contributed by atoms with Crippen molar-refractivity contribution in [1.82, 2.24) is 5.32 Å². The molecule has 0 spiro atoms. The van der Waals surface area contributed by atoms with Crippen LogP contribution in [-0.2, 0) is 0 Å². The molecule has 148 valence electrons. The van der Waals surface area contributed by atoms with E-state index in [0.717, 1.165) is 32.3 Å². The molecule has 0 bridgehead atoms. The van der Waals surface area contributed by atoms with E-state index in [9.17, 15) is 9.59 Å². The molecule has 5 heteroatoms. The third-order valence-corrected chi connectivity index (χ3v) is 6.68. The number of carbonyl (C=O) groups is 2. The van der Waals surface area contributed by atoms with Crippen molar-refractivity contribution < 1.29 is 9.59 Å². The maximum atomic E-state index is 13.2. The van der Waals surface area contributed by atoms with Crippen LogP contribution in [0.25, 0.3) is 10.1 Å². The van der Waals surface area contributed by atoms with Crippen molar-refractivity contribution in [3.05, 3.63) is 99.4 Å². The Bertz CT molecular complexity index is 1320. The fraction of sp³-hybridized carbons (Fsp3) is 0.120. The van der Waals surface area contributed by atoms with E-state index in [1.165, 1.54) is 0 Å². The van der Waals surface area contributed by atoms with Gasteiger partial charge in [-0.25, -0.2) is 0 Å². The van der Waals surface area contributed by atoms with Gasteiger partial charge in [-0.05, 0) is 42.7 Å². The summed E-state index contributed by atoms with van der Waals surface area (Å²) in [6.07, 6.45) is 0. The lowest BCUT2D eigenvalue weighted by Crippen LogP contribution is -2.21. The molecule has 1 aliphatic heterocycles. The first-order valence-corrected chi connectivity index (χ1v) is 10.7. The summed E-state index contributed by atoms with van der Waals surface area (Å²) >= 11 is 1.55. The number of nitrogens with one attached hydrogen (secondary N) is 2. The van der Waals surface area contributed by atoms with Crippen LogP contribution < -0.4 is 10.6 Å². The maximum absolute atomic E-state index is 13.2. The smallest absolute Gasteiger partial charge is 0.257 e. The fourth-order valence-electron chi connectivity index (χ4n) is 4.20. The number of hydrogen-bond acceptors (Lipinski definition) is 3. The summed E-state index contributed by atoms with van der Waals surface area (Å²) in [6, 6.07) is 19.4. The van der Waals surface area contributed by atoms with Gasteiger partial charge >= 0.3 is 0 Å². The molecule has 0 radical (unpaired) electrons.